The van der Waals surface area contributed by atoms with Crippen molar-refractivity contribution >= 4 is 10.9 Å². The van der Waals surface area contributed by atoms with E-state index in [1.807, 2.05) is 37.5 Å². The molecule has 1 atom stereocenters. The fourth-order valence-electron chi connectivity index (χ4n) is 3.68. The lowest BCUT2D eigenvalue weighted by Crippen LogP contribution is -2.30. The summed E-state index contributed by atoms with van der Waals surface area (Å²) in [5, 5.41) is 0.664. The van der Waals surface area contributed by atoms with Crippen molar-refractivity contribution in [3.05, 3.63) is 58.3 Å². The SMILES string of the molecule is CC(C)c1cnc(CN2CCCC2c2nc3ccccc3c(=O)n2C)o1. The molecule has 3 aromatic rings. The maximum absolute atomic E-state index is 12.7. The Morgan fingerprint density at radius 3 is 2.88 bits per heavy atom. The smallest absolute Gasteiger partial charge is 0.261 e. The lowest BCUT2D eigenvalue weighted by atomic mass is 10.1. The molecule has 0 spiro atoms. The highest BCUT2D eigenvalue weighted by molar-refractivity contribution is 5.77. The second kappa shape index (κ2) is 6.68. The van der Waals surface area contributed by atoms with Crippen LogP contribution in [0.1, 0.15) is 56.1 Å². The molecule has 1 saturated heterocycles. The highest BCUT2D eigenvalue weighted by Gasteiger charge is 2.30. The number of fused-ring (bicyclic) bond motifs is 1. The Labute approximate surface area is 152 Å². The summed E-state index contributed by atoms with van der Waals surface area (Å²) in [6, 6.07) is 7.64. The van der Waals surface area contributed by atoms with Gasteiger partial charge in [0.05, 0.1) is 29.7 Å². The molecule has 1 aliphatic heterocycles. The molecule has 3 heterocycles. The molecular weight excluding hydrogens is 328 g/mol. The summed E-state index contributed by atoms with van der Waals surface area (Å²) in [7, 11) is 1.82. The number of hydrogen-bond acceptors (Lipinski definition) is 5. The predicted molar refractivity (Wildman–Crippen MR) is 100.0 cm³/mol. The van der Waals surface area contributed by atoms with Crippen LogP contribution in [0.3, 0.4) is 0 Å². The lowest BCUT2D eigenvalue weighted by Gasteiger charge is -2.24. The van der Waals surface area contributed by atoms with E-state index in [4.69, 9.17) is 9.40 Å². The zero-order valence-electron chi connectivity index (χ0n) is 15.5. The van der Waals surface area contributed by atoms with Gasteiger partial charge in [-0.1, -0.05) is 26.0 Å². The van der Waals surface area contributed by atoms with Gasteiger partial charge in [-0.25, -0.2) is 9.97 Å². The van der Waals surface area contributed by atoms with Gasteiger partial charge in [-0.3, -0.25) is 14.3 Å². The summed E-state index contributed by atoms with van der Waals surface area (Å²) >= 11 is 0. The highest BCUT2D eigenvalue weighted by atomic mass is 16.4. The van der Waals surface area contributed by atoms with Crippen LogP contribution in [0.25, 0.3) is 10.9 Å². The molecule has 0 N–H and O–H groups in total. The van der Waals surface area contributed by atoms with E-state index in [0.717, 1.165) is 42.4 Å². The Morgan fingerprint density at radius 2 is 2.12 bits per heavy atom. The highest BCUT2D eigenvalue weighted by Crippen LogP contribution is 2.32. The van der Waals surface area contributed by atoms with E-state index in [9.17, 15) is 4.79 Å². The molecule has 0 aliphatic carbocycles. The van der Waals surface area contributed by atoms with Gasteiger partial charge in [0.25, 0.3) is 5.56 Å². The zero-order chi connectivity index (χ0) is 18.3. The number of rotatable bonds is 4. The molecule has 2 aromatic heterocycles. The van der Waals surface area contributed by atoms with E-state index in [1.54, 1.807) is 4.57 Å². The first kappa shape index (κ1) is 17.0. The van der Waals surface area contributed by atoms with Gasteiger partial charge in [0.15, 0.2) is 0 Å². The molecule has 0 bridgehead atoms. The van der Waals surface area contributed by atoms with E-state index < -0.39 is 0 Å². The van der Waals surface area contributed by atoms with Crippen LogP contribution in [0.2, 0.25) is 0 Å². The van der Waals surface area contributed by atoms with Crippen LogP contribution in [0.15, 0.2) is 39.7 Å². The average molecular weight is 352 g/mol. The van der Waals surface area contributed by atoms with Crippen molar-refractivity contribution in [3.63, 3.8) is 0 Å². The van der Waals surface area contributed by atoms with Crippen molar-refractivity contribution in [2.75, 3.05) is 6.54 Å². The van der Waals surface area contributed by atoms with Crippen molar-refractivity contribution in [2.24, 2.45) is 7.05 Å². The van der Waals surface area contributed by atoms with Gasteiger partial charge in [0.2, 0.25) is 5.89 Å². The zero-order valence-corrected chi connectivity index (χ0v) is 15.5. The van der Waals surface area contributed by atoms with Crippen LogP contribution in [0, 0.1) is 0 Å². The summed E-state index contributed by atoms with van der Waals surface area (Å²) in [5.74, 6) is 2.79. The minimum absolute atomic E-state index is 0.00988. The molecule has 0 saturated carbocycles. The summed E-state index contributed by atoms with van der Waals surface area (Å²) < 4.78 is 7.57. The summed E-state index contributed by atoms with van der Waals surface area (Å²) in [5.41, 5.74) is 0.770. The van der Waals surface area contributed by atoms with Gasteiger partial charge >= 0.3 is 0 Å². The number of aromatic nitrogens is 3. The van der Waals surface area contributed by atoms with Gasteiger partial charge < -0.3 is 4.42 Å². The first-order chi connectivity index (χ1) is 12.5. The Bertz CT molecular complexity index is 989. The Balaban J connectivity index is 1.67. The van der Waals surface area contributed by atoms with Crippen molar-refractivity contribution in [3.8, 4) is 0 Å². The molecule has 4 rings (SSSR count). The molecule has 1 aromatic carbocycles. The van der Waals surface area contributed by atoms with Gasteiger partial charge in [-0.15, -0.1) is 0 Å². The monoisotopic (exact) mass is 352 g/mol. The largest absolute Gasteiger partial charge is 0.444 e. The molecule has 6 nitrogen and oxygen atoms in total. The Kier molecular flexibility index (Phi) is 4.36. The molecule has 136 valence electrons. The maximum atomic E-state index is 12.7. The molecule has 0 radical (unpaired) electrons. The van der Waals surface area contributed by atoms with Crippen LogP contribution in [0.4, 0.5) is 0 Å². The average Bonchev–Trinajstić information content (AvgIpc) is 3.28. The minimum Gasteiger partial charge on any atom is -0.444 e. The third-order valence-corrected chi connectivity index (χ3v) is 5.16. The normalized spacial score (nSPS) is 18.2. The van der Waals surface area contributed by atoms with Crippen molar-refractivity contribution in [2.45, 2.75) is 45.2 Å². The lowest BCUT2D eigenvalue weighted by molar-refractivity contribution is 0.210. The Morgan fingerprint density at radius 1 is 1.31 bits per heavy atom. The van der Waals surface area contributed by atoms with E-state index in [1.165, 1.54) is 0 Å². The number of hydrogen-bond donors (Lipinski definition) is 0. The Hall–Kier alpha value is -2.47. The number of oxazole rings is 1. The van der Waals surface area contributed by atoms with E-state index in [-0.39, 0.29) is 11.6 Å². The predicted octanol–water partition coefficient (Wildman–Crippen LogP) is 3.38. The molecule has 1 aliphatic rings. The number of benzene rings is 1. The van der Waals surface area contributed by atoms with Crippen LogP contribution in [0.5, 0.6) is 0 Å². The minimum atomic E-state index is 0.00988. The molecule has 1 unspecified atom stereocenters. The van der Waals surface area contributed by atoms with E-state index in [2.05, 4.69) is 23.7 Å². The summed E-state index contributed by atoms with van der Waals surface area (Å²) in [6.07, 6.45) is 3.87. The van der Waals surface area contributed by atoms with E-state index in [0.29, 0.717) is 17.8 Å². The fraction of sp³-hybridized carbons (Fsp3) is 0.450. The van der Waals surface area contributed by atoms with Crippen molar-refractivity contribution in [1.29, 1.82) is 0 Å². The second-order valence-electron chi connectivity index (χ2n) is 7.29. The number of likely N-dealkylation sites (tertiary alicyclic amines) is 1. The van der Waals surface area contributed by atoms with Crippen LogP contribution in [-0.2, 0) is 13.6 Å². The molecular formula is C20H24N4O2. The van der Waals surface area contributed by atoms with Gasteiger partial charge in [0.1, 0.15) is 11.6 Å². The first-order valence-corrected chi connectivity index (χ1v) is 9.19. The van der Waals surface area contributed by atoms with Gasteiger partial charge in [-0.2, -0.15) is 0 Å². The summed E-state index contributed by atoms with van der Waals surface area (Å²) in [4.78, 5) is 24.3. The van der Waals surface area contributed by atoms with Crippen LogP contribution < -0.4 is 5.56 Å². The molecule has 0 amide bonds. The fourth-order valence-corrected chi connectivity index (χ4v) is 3.68. The van der Waals surface area contributed by atoms with Crippen molar-refractivity contribution in [1.82, 2.24) is 19.4 Å². The molecule has 6 heteroatoms. The number of nitrogens with zero attached hydrogens (tertiary/aromatic N) is 4. The quantitative estimate of drug-likeness (QED) is 0.720. The second-order valence-corrected chi connectivity index (χ2v) is 7.29. The maximum Gasteiger partial charge on any atom is 0.261 e. The van der Waals surface area contributed by atoms with E-state index >= 15 is 0 Å². The molecule has 26 heavy (non-hydrogen) atoms. The van der Waals surface area contributed by atoms with Gasteiger partial charge in [-0.05, 0) is 31.5 Å². The van der Waals surface area contributed by atoms with Crippen LogP contribution >= 0.6 is 0 Å². The standard InChI is InChI=1S/C20H24N4O2/c1-13(2)17-11-21-18(26-17)12-24-10-6-9-16(24)19-22-15-8-5-4-7-14(15)20(25)23(19)3/h4-5,7-8,11,13,16H,6,9-10,12H2,1-3H3. The van der Waals surface area contributed by atoms with Crippen molar-refractivity contribution < 1.29 is 4.42 Å². The van der Waals surface area contributed by atoms with Crippen LogP contribution in [-0.4, -0.2) is 26.0 Å². The van der Waals surface area contributed by atoms with Gasteiger partial charge in [0, 0.05) is 13.0 Å². The topological polar surface area (TPSA) is 64.2 Å². The third-order valence-electron chi connectivity index (χ3n) is 5.16. The molecule has 1 fully saturated rings. The third kappa shape index (κ3) is 2.94. The number of para-hydroxylation sites is 1. The summed E-state index contributed by atoms with van der Waals surface area (Å²) in [6.45, 7) is 5.78. The first-order valence-electron chi connectivity index (χ1n) is 9.19.